The first-order valence-electron chi connectivity index (χ1n) is 9.03. The molecule has 0 aliphatic carbocycles. The molecule has 1 aliphatic heterocycles. The van der Waals surface area contributed by atoms with Crippen molar-refractivity contribution >= 4 is 23.6 Å². The van der Waals surface area contributed by atoms with Crippen molar-refractivity contribution in [3.05, 3.63) is 48.7 Å². The minimum atomic E-state index is -0.552. The number of rotatable bonds is 7. The van der Waals surface area contributed by atoms with E-state index in [9.17, 15) is 9.59 Å². The molecule has 28 heavy (non-hydrogen) atoms. The minimum absolute atomic E-state index is 0.138. The highest BCUT2D eigenvalue weighted by Crippen LogP contribution is 2.23. The Morgan fingerprint density at radius 3 is 2.68 bits per heavy atom. The lowest BCUT2D eigenvalue weighted by atomic mass is 10.2. The molecule has 1 fully saturated rings. The highest BCUT2D eigenvalue weighted by atomic mass is 32.2. The van der Waals surface area contributed by atoms with E-state index in [-0.39, 0.29) is 18.5 Å². The van der Waals surface area contributed by atoms with Crippen LogP contribution in [-0.4, -0.2) is 59.1 Å². The molecule has 0 unspecified atom stereocenters. The van der Waals surface area contributed by atoms with Crippen LogP contribution in [0.3, 0.4) is 0 Å². The SMILES string of the molecule is CCOC(=O)[C@@H]1CSCCN1C(=O)COc1ccc(Oc2ccccn2)cc1. The zero-order chi connectivity index (χ0) is 19.8. The molecule has 0 N–H and O–H groups in total. The van der Waals surface area contributed by atoms with E-state index >= 15 is 0 Å². The van der Waals surface area contributed by atoms with Crippen LogP contribution >= 0.6 is 11.8 Å². The summed E-state index contributed by atoms with van der Waals surface area (Å²) >= 11 is 1.64. The van der Waals surface area contributed by atoms with Gasteiger partial charge in [-0.2, -0.15) is 11.8 Å². The second-order valence-corrected chi connectivity index (χ2v) is 7.11. The Morgan fingerprint density at radius 1 is 1.18 bits per heavy atom. The highest BCUT2D eigenvalue weighted by molar-refractivity contribution is 7.99. The summed E-state index contributed by atoms with van der Waals surface area (Å²) in [6.45, 7) is 2.42. The number of carbonyl (C=O) groups is 2. The van der Waals surface area contributed by atoms with Crippen LogP contribution in [0.5, 0.6) is 17.4 Å². The van der Waals surface area contributed by atoms with Gasteiger partial charge in [0.25, 0.3) is 5.91 Å². The van der Waals surface area contributed by atoms with Crippen molar-refractivity contribution in [2.75, 3.05) is 31.3 Å². The van der Waals surface area contributed by atoms with Crippen LogP contribution in [0.15, 0.2) is 48.7 Å². The molecule has 1 atom stereocenters. The monoisotopic (exact) mass is 402 g/mol. The fraction of sp³-hybridized carbons (Fsp3) is 0.350. The Hall–Kier alpha value is -2.74. The molecule has 2 aromatic rings. The summed E-state index contributed by atoms with van der Waals surface area (Å²) in [7, 11) is 0. The third kappa shape index (κ3) is 5.39. The van der Waals surface area contributed by atoms with Gasteiger partial charge >= 0.3 is 5.97 Å². The van der Waals surface area contributed by atoms with E-state index in [1.165, 1.54) is 0 Å². The first-order valence-corrected chi connectivity index (χ1v) is 10.2. The van der Waals surface area contributed by atoms with Crippen LogP contribution < -0.4 is 9.47 Å². The van der Waals surface area contributed by atoms with Gasteiger partial charge < -0.3 is 19.1 Å². The normalized spacial score (nSPS) is 16.3. The molecule has 1 aliphatic rings. The van der Waals surface area contributed by atoms with Crippen molar-refractivity contribution in [3.8, 4) is 17.4 Å². The van der Waals surface area contributed by atoms with Gasteiger partial charge in [0, 0.05) is 30.3 Å². The number of hydrogen-bond acceptors (Lipinski definition) is 7. The molecule has 3 rings (SSSR count). The number of pyridine rings is 1. The van der Waals surface area contributed by atoms with Crippen molar-refractivity contribution in [2.24, 2.45) is 0 Å². The molecule has 1 amide bonds. The molecule has 0 saturated carbocycles. The lowest BCUT2D eigenvalue weighted by Crippen LogP contribution is -2.52. The van der Waals surface area contributed by atoms with E-state index in [0.29, 0.717) is 36.3 Å². The molecular weight excluding hydrogens is 380 g/mol. The minimum Gasteiger partial charge on any atom is -0.484 e. The van der Waals surface area contributed by atoms with Gasteiger partial charge in [-0.3, -0.25) is 4.79 Å². The zero-order valence-electron chi connectivity index (χ0n) is 15.6. The second kappa shape index (κ2) is 9.98. The maximum atomic E-state index is 12.5. The van der Waals surface area contributed by atoms with Gasteiger partial charge in [-0.1, -0.05) is 6.07 Å². The predicted octanol–water partition coefficient (Wildman–Crippen LogP) is 2.76. The highest BCUT2D eigenvalue weighted by Gasteiger charge is 2.33. The number of aromatic nitrogens is 1. The zero-order valence-corrected chi connectivity index (χ0v) is 16.4. The largest absolute Gasteiger partial charge is 0.484 e. The van der Waals surface area contributed by atoms with Crippen molar-refractivity contribution in [1.29, 1.82) is 0 Å². The average molecular weight is 402 g/mol. The van der Waals surface area contributed by atoms with Crippen LogP contribution in [0.1, 0.15) is 6.92 Å². The molecule has 8 heteroatoms. The molecule has 0 bridgehead atoms. The van der Waals surface area contributed by atoms with E-state index < -0.39 is 6.04 Å². The van der Waals surface area contributed by atoms with Gasteiger partial charge in [-0.05, 0) is 37.3 Å². The molecule has 1 aromatic carbocycles. The summed E-state index contributed by atoms with van der Waals surface area (Å²) in [5.74, 6) is 2.41. The van der Waals surface area contributed by atoms with Crippen LogP contribution in [0.2, 0.25) is 0 Å². The number of hydrogen-bond donors (Lipinski definition) is 0. The lowest BCUT2D eigenvalue weighted by Gasteiger charge is -2.33. The summed E-state index contributed by atoms with van der Waals surface area (Å²) in [5.41, 5.74) is 0. The number of thioether (sulfide) groups is 1. The molecular formula is C20H22N2O5S. The van der Waals surface area contributed by atoms with Gasteiger partial charge in [0.15, 0.2) is 6.61 Å². The van der Waals surface area contributed by atoms with Crippen LogP contribution in [0, 0.1) is 0 Å². The molecule has 0 radical (unpaired) electrons. The number of benzene rings is 1. The molecule has 148 valence electrons. The maximum absolute atomic E-state index is 12.5. The van der Waals surface area contributed by atoms with Gasteiger partial charge in [0.05, 0.1) is 6.61 Å². The summed E-state index contributed by atoms with van der Waals surface area (Å²) in [5, 5.41) is 0. The van der Waals surface area contributed by atoms with E-state index in [1.54, 1.807) is 60.1 Å². The molecule has 2 heterocycles. The summed E-state index contributed by atoms with van der Waals surface area (Å²) in [4.78, 5) is 30.3. The lowest BCUT2D eigenvalue weighted by molar-refractivity contribution is -0.154. The molecule has 1 aromatic heterocycles. The fourth-order valence-electron chi connectivity index (χ4n) is 2.70. The summed E-state index contributed by atoms with van der Waals surface area (Å²) in [6.07, 6.45) is 1.65. The van der Waals surface area contributed by atoms with E-state index in [4.69, 9.17) is 14.2 Å². The van der Waals surface area contributed by atoms with Crippen LogP contribution in [0.25, 0.3) is 0 Å². The number of nitrogens with zero attached hydrogens (tertiary/aromatic N) is 2. The first kappa shape index (κ1) is 20.0. The van der Waals surface area contributed by atoms with E-state index in [1.807, 2.05) is 12.1 Å². The summed E-state index contributed by atoms with van der Waals surface area (Å²) in [6, 6.07) is 11.8. The standard InChI is InChI=1S/C20H22N2O5S/c1-2-25-20(24)17-14-28-12-11-22(17)19(23)13-26-15-6-8-16(9-7-15)27-18-5-3-4-10-21-18/h3-10,17H,2,11-14H2,1H3/t17-/m0/s1. The first-order chi connectivity index (χ1) is 13.7. The topological polar surface area (TPSA) is 78.0 Å². The second-order valence-electron chi connectivity index (χ2n) is 5.96. The predicted molar refractivity (Wildman–Crippen MR) is 106 cm³/mol. The van der Waals surface area contributed by atoms with Gasteiger partial charge in [-0.15, -0.1) is 0 Å². The maximum Gasteiger partial charge on any atom is 0.329 e. The quantitative estimate of drug-likeness (QED) is 0.659. The Morgan fingerprint density at radius 2 is 1.96 bits per heavy atom. The van der Waals surface area contributed by atoms with Crippen LogP contribution in [0.4, 0.5) is 0 Å². The molecule has 0 spiro atoms. The van der Waals surface area contributed by atoms with Crippen LogP contribution in [-0.2, 0) is 14.3 Å². The third-order valence-electron chi connectivity index (χ3n) is 4.05. The van der Waals surface area contributed by atoms with E-state index in [2.05, 4.69) is 4.98 Å². The number of ether oxygens (including phenoxy) is 3. The van der Waals surface area contributed by atoms with Crippen molar-refractivity contribution in [1.82, 2.24) is 9.88 Å². The van der Waals surface area contributed by atoms with E-state index in [0.717, 1.165) is 5.75 Å². The average Bonchev–Trinajstić information content (AvgIpc) is 2.74. The number of esters is 1. The fourth-order valence-corrected chi connectivity index (χ4v) is 3.73. The summed E-state index contributed by atoms with van der Waals surface area (Å²) < 4.78 is 16.3. The molecule has 7 nitrogen and oxygen atoms in total. The van der Waals surface area contributed by atoms with Crippen molar-refractivity contribution in [2.45, 2.75) is 13.0 Å². The Balaban J connectivity index is 1.54. The third-order valence-corrected chi connectivity index (χ3v) is 5.08. The van der Waals surface area contributed by atoms with Gasteiger partial charge in [-0.25, -0.2) is 9.78 Å². The van der Waals surface area contributed by atoms with Gasteiger partial charge in [0.1, 0.15) is 17.5 Å². The van der Waals surface area contributed by atoms with Crippen molar-refractivity contribution in [3.63, 3.8) is 0 Å². The Kier molecular flexibility index (Phi) is 7.13. The number of amides is 1. The number of carbonyl (C=O) groups excluding carboxylic acids is 2. The molecule has 1 saturated heterocycles. The van der Waals surface area contributed by atoms with Gasteiger partial charge in [0.2, 0.25) is 5.88 Å². The smallest absolute Gasteiger partial charge is 0.329 e. The Bertz CT molecular complexity index is 785. The van der Waals surface area contributed by atoms with Crippen molar-refractivity contribution < 1.29 is 23.8 Å². The Labute approximate surface area is 168 Å².